The van der Waals surface area contributed by atoms with E-state index in [1.165, 1.54) is 12.1 Å². The molecule has 1 aliphatic rings. The summed E-state index contributed by atoms with van der Waals surface area (Å²) in [6.45, 7) is 6.33. The molecule has 0 aromatic heterocycles. The van der Waals surface area contributed by atoms with Gasteiger partial charge >= 0.3 is 12.3 Å². The van der Waals surface area contributed by atoms with Crippen LogP contribution in [-0.4, -0.2) is 29.7 Å². The molecule has 1 atom stereocenters. The average Bonchev–Trinajstić information content (AvgIpc) is 2.45. The van der Waals surface area contributed by atoms with Crippen molar-refractivity contribution in [1.82, 2.24) is 4.90 Å². The predicted octanol–water partition coefficient (Wildman–Crippen LogP) is 4.82. The van der Waals surface area contributed by atoms with Gasteiger partial charge in [-0.05, 0) is 45.2 Å². The van der Waals surface area contributed by atoms with Crippen molar-refractivity contribution < 1.29 is 22.7 Å². The molecule has 0 saturated carbocycles. The fourth-order valence-corrected chi connectivity index (χ4v) is 2.71. The van der Waals surface area contributed by atoms with Crippen molar-refractivity contribution in [2.75, 3.05) is 13.1 Å². The molecule has 1 fully saturated rings. The molecular formula is C17H22F3NO2. The Balaban J connectivity index is 2.11. The first-order chi connectivity index (χ1) is 10.6. The van der Waals surface area contributed by atoms with Crippen LogP contribution in [0.5, 0.6) is 0 Å². The summed E-state index contributed by atoms with van der Waals surface area (Å²) in [5.41, 5.74) is -0.613. The number of alkyl halides is 3. The van der Waals surface area contributed by atoms with E-state index >= 15 is 0 Å². The minimum Gasteiger partial charge on any atom is -0.444 e. The van der Waals surface area contributed by atoms with E-state index in [1.807, 2.05) is 0 Å². The zero-order valence-corrected chi connectivity index (χ0v) is 13.6. The first-order valence-corrected chi connectivity index (χ1v) is 7.71. The van der Waals surface area contributed by atoms with Gasteiger partial charge in [0.25, 0.3) is 0 Å². The minimum absolute atomic E-state index is 0.0985. The lowest BCUT2D eigenvalue weighted by Crippen LogP contribution is -2.42. The highest BCUT2D eigenvalue weighted by atomic mass is 19.4. The number of benzene rings is 1. The summed E-state index contributed by atoms with van der Waals surface area (Å²) >= 11 is 0. The Hall–Kier alpha value is -1.72. The molecule has 2 rings (SSSR count). The molecule has 6 heteroatoms. The van der Waals surface area contributed by atoms with Gasteiger partial charge < -0.3 is 9.64 Å². The lowest BCUT2D eigenvalue weighted by atomic mass is 9.90. The Morgan fingerprint density at radius 1 is 1.26 bits per heavy atom. The van der Waals surface area contributed by atoms with Crippen LogP contribution in [0, 0.1) is 0 Å². The maximum atomic E-state index is 12.8. The second-order valence-corrected chi connectivity index (χ2v) is 6.89. The molecule has 128 valence electrons. The summed E-state index contributed by atoms with van der Waals surface area (Å²) < 4.78 is 43.9. The zero-order chi connectivity index (χ0) is 17.3. The fraction of sp³-hybridized carbons (Fsp3) is 0.588. The van der Waals surface area contributed by atoms with Gasteiger partial charge in [-0.25, -0.2) is 4.79 Å². The van der Waals surface area contributed by atoms with Crippen molar-refractivity contribution >= 4 is 6.09 Å². The van der Waals surface area contributed by atoms with E-state index < -0.39 is 23.4 Å². The first kappa shape index (κ1) is 17.6. The van der Waals surface area contributed by atoms with Crippen LogP contribution < -0.4 is 0 Å². The number of carbonyl (C=O) groups excluding carboxylic acids is 1. The largest absolute Gasteiger partial charge is 0.444 e. The van der Waals surface area contributed by atoms with E-state index in [1.54, 1.807) is 31.7 Å². The van der Waals surface area contributed by atoms with Gasteiger partial charge in [-0.1, -0.05) is 18.2 Å². The third kappa shape index (κ3) is 4.88. The van der Waals surface area contributed by atoms with Crippen LogP contribution in [0.4, 0.5) is 18.0 Å². The first-order valence-electron chi connectivity index (χ1n) is 7.71. The maximum Gasteiger partial charge on any atom is 0.416 e. The number of nitrogens with zero attached hydrogens (tertiary/aromatic N) is 1. The molecule has 1 unspecified atom stereocenters. The molecule has 0 aliphatic carbocycles. The van der Waals surface area contributed by atoms with Gasteiger partial charge in [0.2, 0.25) is 0 Å². The van der Waals surface area contributed by atoms with Crippen molar-refractivity contribution in [3.8, 4) is 0 Å². The van der Waals surface area contributed by atoms with E-state index in [2.05, 4.69) is 0 Å². The van der Waals surface area contributed by atoms with E-state index in [0.29, 0.717) is 18.7 Å². The molecule has 0 spiro atoms. The van der Waals surface area contributed by atoms with Crippen molar-refractivity contribution in [3.63, 3.8) is 0 Å². The number of carbonyl (C=O) groups is 1. The molecule has 1 aromatic rings. The smallest absolute Gasteiger partial charge is 0.416 e. The highest BCUT2D eigenvalue weighted by Crippen LogP contribution is 2.33. The average molecular weight is 329 g/mol. The highest BCUT2D eigenvalue weighted by Gasteiger charge is 2.32. The molecule has 0 radical (unpaired) electrons. The minimum atomic E-state index is -4.35. The number of piperidine rings is 1. The summed E-state index contributed by atoms with van der Waals surface area (Å²) in [5.74, 6) is -0.0985. The van der Waals surface area contributed by atoms with Gasteiger partial charge in [-0.15, -0.1) is 0 Å². The predicted molar refractivity (Wildman–Crippen MR) is 81.2 cm³/mol. The molecule has 1 aromatic carbocycles. The summed E-state index contributed by atoms with van der Waals surface area (Å²) in [5, 5.41) is 0. The van der Waals surface area contributed by atoms with Crippen LogP contribution in [-0.2, 0) is 10.9 Å². The van der Waals surface area contributed by atoms with Gasteiger partial charge in [0.05, 0.1) is 5.56 Å². The molecule has 1 amide bonds. The Morgan fingerprint density at radius 3 is 2.57 bits per heavy atom. The van der Waals surface area contributed by atoms with Crippen LogP contribution in [0.1, 0.15) is 50.7 Å². The molecule has 1 saturated heterocycles. The summed E-state index contributed by atoms with van der Waals surface area (Å²) in [7, 11) is 0. The molecule has 0 N–H and O–H groups in total. The van der Waals surface area contributed by atoms with Crippen LogP contribution in [0.25, 0.3) is 0 Å². The SMILES string of the molecule is CC(C)(C)OC(=O)N1CCCC(c2cccc(C(F)(F)F)c2)C1. The van der Waals surface area contributed by atoms with Gasteiger partial charge in [0.1, 0.15) is 5.60 Å². The van der Waals surface area contributed by atoms with E-state index in [0.717, 1.165) is 18.9 Å². The maximum absolute atomic E-state index is 12.8. The number of likely N-dealkylation sites (tertiary alicyclic amines) is 1. The number of hydrogen-bond acceptors (Lipinski definition) is 2. The second kappa shape index (κ2) is 6.42. The van der Waals surface area contributed by atoms with Gasteiger partial charge in [0, 0.05) is 19.0 Å². The van der Waals surface area contributed by atoms with Gasteiger partial charge in [0.15, 0.2) is 0 Å². The number of ether oxygens (including phenoxy) is 1. The Labute approximate surface area is 134 Å². The standard InChI is InChI=1S/C17H22F3NO2/c1-16(2,3)23-15(22)21-9-5-7-13(11-21)12-6-4-8-14(10-12)17(18,19)20/h4,6,8,10,13H,5,7,9,11H2,1-3H3. The summed E-state index contributed by atoms with van der Waals surface area (Å²) in [4.78, 5) is 13.7. The monoisotopic (exact) mass is 329 g/mol. The number of rotatable bonds is 1. The third-order valence-corrected chi connectivity index (χ3v) is 3.76. The van der Waals surface area contributed by atoms with Crippen LogP contribution >= 0.6 is 0 Å². The molecule has 1 aliphatic heterocycles. The molecule has 1 heterocycles. The lowest BCUT2D eigenvalue weighted by Gasteiger charge is -2.34. The van der Waals surface area contributed by atoms with E-state index in [4.69, 9.17) is 4.74 Å². The molecule has 23 heavy (non-hydrogen) atoms. The van der Waals surface area contributed by atoms with Gasteiger partial charge in [-0.3, -0.25) is 0 Å². The van der Waals surface area contributed by atoms with Crippen LogP contribution in [0.2, 0.25) is 0 Å². The van der Waals surface area contributed by atoms with Crippen molar-refractivity contribution in [1.29, 1.82) is 0 Å². The van der Waals surface area contributed by atoms with Crippen LogP contribution in [0.15, 0.2) is 24.3 Å². The van der Waals surface area contributed by atoms with E-state index in [-0.39, 0.29) is 5.92 Å². The van der Waals surface area contributed by atoms with Crippen molar-refractivity contribution in [2.45, 2.75) is 51.3 Å². The third-order valence-electron chi connectivity index (χ3n) is 3.76. The Morgan fingerprint density at radius 2 is 1.96 bits per heavy atom. The number of amides is 1. The normalized spacial score (nSPS) is 19.6. The molecular weight excluding hydrogens is 307 g/mol. The number of halogens is 3. The van der Waals surface area contributed by atoms with Crippen molar-refractivity contribution in [2.24, 2.45) is 0 Å². The topological polar surface area (TPSA) is 29.5 Å². The fourth-order valence-electron chi connectivity index (χ4n) is 2.71. The van der Waals surface area contributed by atoms with Crippen molar-refractivity contribution in [3.05, 3.63) is 35.4 Å². The van der Waals surface area contributed by atoms with Crippen LogP contribution in [0.3, 0.4) is 0 Å². The Kier molecular flexibility index (Phi) is 4.92. The van der Waals surface area contributed by atoms with E-state index in [9.17, 15) is 18.0 Å². The Bertz CT molecular complexity index is 564. The van der Waals surface area contributed by atoms with Gasteiger partial charge in [-0.2, -0.15) is 13.2 Å². The zero-order valence-electron chi connectivity index (χ0n) is 13.6. The second-order valence-electron chi connectivity index (χ2n) is 6.89. The lowest BCUT2D eigenvalue weighted by molar-refractivity contribution is -0.137. The molecule has 3 nitrogen and oxygen atoms in total. The summed E-state index contributed by atoms with van der Waals surface area (Å²) in [6.07, 6.45) is -3.25. The number of hydrogen-bond donors (Lipinski definition) is 0. The molecule has 0 bridgehead atoms. The quantitative estimate of drug-likeness (QED) is 0.739. The summed E-state index contributed by atoms with van der Waals surface area (Å²) in [6, 6.07) is 5.37. The highest BCUT2D eigenvalue weighted by molar-refractivity contribution is 5.68.